The largest absolute Gasteiger partial charge is 0.336 e. The summed E-state index contributed by atoms with van der Waals surface area (Å²) in [5.41, 5.74) is 2.39. The van der Waals surface area contributed by atoms with Crippen molar-refractivity contribution in [1.82, 2.24) is 9.80 Å². The van der Waals surface area contributed by atoms with Gasteiger partial charge in [0, 0.05) is 42.5 Å². The van der Waals surface area contributed by atoms with Gasteiger partial charge in [-0.25, -0.2) is 4.39 Å². The first-order valence-corrected chi connectivity index (χ1v) is 10.0. The Bertz CT molecular complexity index is 926. The molecule has 1 saturated heterocycles. The van der Waals surface area contributed by atoms with Crippen LogP contribution in [-0.2, 0) is 4.79 Å². The van der Waals surface area contributed by atoms with Gasteiger partial charge in [-0.15, -0.1) is 0 Å². The van der Waals surface area contributed by atoms with E-state index in [2.05, 4.69) is 5.32 Å². The Hall–Kier alpha value is -2.44. The van der Waals surface area contributed by atoms with Crippen LogP contribution in [0.15, 0.2) is 36.4 Å². The van der Waals surface area contributed by atoms with E-state index in [1.165, 1.54) is 6.07 Å². The summed E-state index contributed by atoms with van der Waals surface area (Å²) in [5.74, 6) is -0.679. The minimum absolute atomic E-state index is 0.115. The van der Waals surface area contributed by atoms with Gasteiger partial charge in [-0.05, 0) is 56.2 Å². The standard InChI is InChI=1S/C22H25ClFN3O2/c1-14-7-8-17(13-19(14)24)22(29)27-11-9-26(10-12-27)16(3)21(28)25-20-6-4-5-18(23)15(20)2/h4-8,13,16H,9-12H2,1-3H3,(H,25,28). The fraction of sp³-hybridized carbons (Fsp3) is 0.364. The molecule has 154 valence electrons. The average Bonchev–Trinajstić information content (AvgIpc) is 2.72. The van der Waals surface area contributed by atoms with Crippen LogP contribution in [0.4, 0.5) is 10.1 Å². The van der Waals surface area contributed by atoms with Crippen LogP contribution in [0, 0.1) is 19.7 Å². The molecule has 1 unspecified atom stereocenters. The Morgan fingerprint density at radius 2 is 1.79 bits per heavy atom. The van der Waals surface area contributed by atoms with Crippen LogP contribution in [0.1, 0.15) is 28.4 Å². The smallest absolute Gasteiger partial charge is 0.254 e. The molecule has 0 aliphatic carbocycles. The zero-order valence-corrected chi connectivity index (χ0v) is 17.6. The van der Waals surface area contributed by atoms with Gasteiger partial charge in [0.1, 0.15) is 5.82 Å². The molecule has 1 aliphatic rings. The van der Waals surface area contributed by atoms with Crippen LogP contribution in [0.25, 0.3) is 0 Å². The molecular formula is C22H25ClFN3O2. The van der Waals surface area contributed by atoms with E-state index in [1.54, 1.807) is 36.1 Å². The number of halogens is 2. The van der Waals surface area contributed by atoms with E-state index in [4.69, 9.17) is 11.6 Å². The molecule has 1 N–H and O–H groups in total. The predicted molar refractivity (Wildman–Crippen MR) is 113 cm³/mol. The van der Waals surface area contributed by atoms with Crippen molar-refractivity contribution in [1.29, 1.82) is 0 Å². The molecule has 0 aromatic heterocycles. The number of carbonyl (C=O) groups excluding carboxylic acids is 2. The lowest BCUT2D eigenvalue weighted by molar-refractivity contribution is -0.121. The summed E-state index contributed by atoms with van der Waals surface area (Å²) in [5, 5.41) is 3.54. The molecule has 1 fully saturated rings. The van der Waals surface area contributed by atoms with Crippen LogP contribution < -0.4 is 5.32 Å². The van der Waals surface area contributed by atoms with Crippen molar-refractivity contribution in [2.45, 2.75) is 26.8 Å². The summed E-state index contributed by atoms with van der Waals surface area (Å²) in [6.45, 7) is 7.50. The number of hydrogen-bond acceptors (Lipinski definition) is 3. The molecule has 0 spiro atoms. The van der Waals surface area contributed by atoms with E-state index in [0.717, 1.165) is 5.56 Å². The number of benzene rings is 2. The third-order valence-corrected chi connectivity index (χ3v) is 5.88. The minimum atomic E-state index is -0.379. The molecule has 5 nitrogen and oxygen atoms in total. The number of piperazine rings is 1. The molecule has 0 bridgehead atoms. The van der Waals surface area contributed by atoms with Gasteiger partial charge in [-0.2, -0.15) is 0 Å². The van der Waals surface area contributed by atoms with E-state index in [-0.39, 0.29) is 23.7 Å². The van der Waals surface area contributed by atoms with Crippen LogP contribution in [0.3, 0.4) is 0 Å². The summed E-state index contributed by atoms with van der Waals surface area (Å²) in [4.78, 5) is 29.0. The van der Waals surface area contributed by atoms with Crippen LogP contribution >= 0.6 is 11.6 Å². The monoisotopic (exact) mass is 417 g/mol. The Balaban J connectivity index is 1.58. The van der Waals surface area contributed by atoms with Crippen molar-refractivity contribution in [3.63, 3.8) is 0 Å². The molecule has 0 radical (unpaired) electrons. The predicted octanol–water partition coefficient (Wildman–Crippen LogP) is 3.88. The van der Waals surface area contributed by atoms with E-state index in [1.807, 2.05) is 24.8 Å². The highest BCUT2D eigenvalue weighted by Gasteiger charge is 2.28. The third kappa shape index (κ3) is 4.77. The molecule has 29 heavy (non-hydrogen) atoms. The zero-order chi connectivity index (χ0) is 21.1. The van der Waals surface area contributed by atoms with Crippen molar-refractivity contribution in [3.05, 3.63) is 63.9 Å². The second-order valence-corrected chi connectivity index (χ2v) is 7.78. The summed E-state index contributed by atoms with van der Waals surface area (Å²) < 4.78 is 13.8. The van der Waals surface area contributed by atoms with Crippen molar-refractivity contribution in [2.24, 2.45) is 0 Å². The Morgan fingerprint density at radius 1 is 1.10 bits per heavy atom. The lowest BCUT2D eigenvalue weighted by atomic mass is 10.1. The topological polar surface area (TPSA) is 52.7 Å². The highest BCUT2D eigenvalue weighted by molar-refractivity contribution is 6.31. The Morgan fingerprint density at radius 3 is 2.45 bits per heavy atom. The quantitative estimate of drug-likeness (QED) is 0.821. The number of aryl methyl sites for hydroxylation is 1. The van der Waals surface area contributed by atoms with Gasteiger partial charge >= 0.3 is 0 Å². The maximum absolute atomic E-state index is 13.8. The zero-order valence-electron chi connectivity index (χ0n) is 16.8. The maximum Gasteiger partial charge on any atom is 0.254 e. The second-order valence-electron chi connectivity index (χ2n) is 7.37. The van der Waals surface area contributed by atoms with Gasteiger partial charge in [0.2, 0.25) is 5.91 Å². The van der Waals surface area contributed by atoms with Crippen LogP contribution in [0.2, 0.25) is 5.02 Å². The third-order valence-electron chi connectivity index (χ3n) is 5.47. The van der Waals surface area contributed by atoms with Gasteiger partial charge in [0.25, 0.3) is 5.91 Å². The van der Waals surface area contributed by atoms with Crippen molar-refractivity contribution < 1.29 is 14.0 Å². The van der Waals surface area contributed by atoms with Crippen LogP contribution in [0.5, 0.6) is 0 Å². The summed E-state index contributed by atoms with van der Waals surface area (Å²) in [7, 11) is 0. The number of rotatable bonds is 4. The first-order valence-electron chi connectivity index (χ1n) is 9.63. The molecule has 1 aliphatic heterocycles. The van der Waals surface area contributed by atoms with Gasteiger partial charge < -0.3 is 10.2 Å². The maximum atomic E-state index is 13.8. The second kappa shape index (κ2) is 8.93. The Kier molecular flexibility index (Phi) is 6.55. The molecule has 3 rings (SSSR count). The molecule has 2 aromatic rings. The number of anilines is 1. The minimum Gasteiger partial charge on any atom is -0.336 e. The number of amides is 2. The van der Waals surface area contributed by atoms with Crippen molar-refractivity contribution >= 4 is 29.1 Å². The normalized spacial score (nSPS) is 15.8. The fourth-order valence-corrected chi connectivity index (χ4v) is 3.54. The SMILES string of the molecule is Cc1ccc(C(=O)N2CCN(C(C)C(=O)Nc3cccc(Cl)c3C)CC2)cc1F. The molecule has 0 saturated carbocycles. The number of carbonyl (C=O) groups is 2. The molecule has 2 amide bonds. The Labute approximate surface area is 175 Å². The van der Waals surface area contributed by atoms with Gasteiger partial charge in [0.05, 0.1) is 6.04 Å². The highest BCUT2D eigenvalue weighted by Crippen LogP contribution is 2.23. The molecule has 1 atom stereocenters. The van der Waals surface area contributed by atoms with Crippen molar-refractivity contribution in [2.75, 3.05) is 31.5 Å². The van der Waals surface area contributed by atoms with Gasteiger partial charge in [-0.3, -0.25) is 14.5 Å². The van der Waals surface area contributed by atoms with E-state index < -0.39 is 0 Å². The van der Waals surface area contributed by atoms with Crippen LogP contribution in [-0.4, -0.2) is 53.8 Å². The molecule has 7 heteroatoms. The van der Waals surface area contributed by atoms with E-state index in [9.17, 15) is 14.0 Å². The van der Waals surface area contributed by atoms with Crippen molar-refractivity contribution in [3.8, 4) is 0 Å². The first-order chi connectivity index (χ1) is 13.8. The summed E-state index contributed by atoms with van der Waals surface area (Å²) in [6, 6.07) is 9.61. The fourth-order valence-electron chi connectivity index (χ4n) is 3.37. The highest BCUT2D eigenvalue weighted by atomic mass is 35.5. The lowest BCUT2D eigenvalue weighted by Gasteiger charge is -2.37. The summed E-state index contributed by atoms with van der Waals surface area (Å²) >= 11 is 6.12. The van der Waals surface area contributed by atoms with Gasteiger partial charge in [-0.1, -0.05) is 23.7 Å². The van der Waals surface area contributed by atoms with E-state index in [0.29, 0.717) is 48.0 Å². The molecule has 1 heterocycles. The van der Waals surface area contributed by atoms with Gasteiger partial charge in [0.15, 0.2) is 0 Å². The van der Waals surface area contributed by atoms with E-state index >= 15 is 0 Å². The number of nitrogens with zero attached hydrogens (tertiary/aromatic N) is 2. The number of nitrogens with one attached hydrogen (secondary N) is 1. The number of hydrogen-bond donors (Lipinski definition) is 1. The average molecular weight is 418 g/mol. The molecular weight excluding hydrogens is 393 g/mol. The first kappa shape index (κ1) is 21.3. The molecule has 2 aromatic carbocycles. The summed E-state index contributed by atoms with van der Waals surface area (Å²) in [6.07, 6.45) is 0. The lowest BCUT2D eigenvalue weighted by Crippen LogP contribution is -2.54.